The van der Waals surface area contributed by atoms with Crippen LogP contribution in [0.25, 0.3) is 27.8 Å². The molecule has 1 aromatic carbocycles. The summed E-state index contributed by atoms with van der Waals surface area (Å²) < 4.78 is 4.10. The Morgan fingerprint density at radius 3 is 2.84 bits per heavy atom. The molecule has 4 aromatic rings. The van der Waals surface area contributed by atoms with Crippen LogP contribution in [-0.4, -0.2) is 25.1 Å². The van der Waals surface area contributed by atoms with E-state index in [0.29, 0.717) is 17.6 Å². The third-order valence-corrected chi connectivity index (χ3v) is 6.54. The summed E-state index contributed by atoms with van der Waals surface area (Å²) in [5.74, 6) is 0.637. The Bertz CT molecular complexity index is 1360. The van der Waals surface area contributed by atoms with Crippen molar-refractivity contribution in [2.24, 2.45) is 11.8 Å². The molecule has 154 valence electrons. The van der Waals surface area contributed by atoms with E-state index in [9.17, 15) is 10.1 Å². The lowest BCUT2D eigenvalue weighted by Gasteiger charge is -2.14. The van der Waals surface area contributed by atoms with E-state index in [2.05, 4.69) is 56.5 Å². The molecule has 2 unspecified atom stereocenters. The van der Waals surface area contributed by atoms with Crippen molar-refractivity contribution >= 4 is 28.4 Å². The van der Waals surface area contributed by atoms with Crippen molar-refractivity contribution < 1.29 is 4.79 Å². The zero-order valence-electron chi connectivity index (χ0n) is 17.0. The van der Waals surface area contributed by atoms with Crippen LogP contribution in [0.1, 0.15) is 38.1 Å². The molecule has 2 aliphatic carbocycles. The molecule has 3 heterocycles. The maximum Gasteiger partial charge on any atom is 0.249 e. The predicted molar refractivity (Wildman–Crippen MR) is 117 cm³/mol. The standard InChI is InChI=1S/C24H22N6O/c25-14-15-4-8-19(12-15)29-11-10-18-13-17(7-9-20(18)29)21-2-1-3-22-26-24(28-30(21)22)27-23(31)16-5-6-16/h1-3,7,9-11,13,15-16,19H,4-6,8,12H2,(H,27,28,31). The predicted octanol–water partition coefficient (Wildman–Crippen LogP) is 4.56. The van der Waals surface area contributed by atoms with E-state index in [1.807, 2.05) is 18.2 Å². The summed E-state index contributed by atoms with van der Waals surface area (Å²) >= 11 is 0. The van der Waals surface area contributed by atoms with Crippen LogP contribution in [0.3, 0.4) is 0 Å². The van der Waals surface area contributed by atoms with Crippen molar-refractivity contribution in [1.29, 1.82) is 5.26 Å². The molecule has 0 bridgehead atoms. The number of aromatic nitrogens is 4. The molecule has 0 radical (unpaired) electrons. The fourth-order valence-electron chi connectivity index (χ4n) is 4.70. The highest BCUT2D eigenvalue weighted by molar-refractivity contribution is 5.92. The van der Waals surface area contributed by atoms with Gasteiger partial charge in [-0.1, -0.05) is 12.1 Å². The molecule has 0 saturated heterocycles. The first-order chi connectivity index (χ1) is 15.2. The number of hydrogen-bond acceptors (Lipinski definition) is 4. The number of carbonyl (C=O) groups excluding carboxylic acids is 1. The lowest BCUT2D eigenvalue weighted by atomic mass is 10.1. The van der Waals surface area contributed by atoms with E-state index >= 15 is 0 Å². The first-order valence-corrected chi connectivity index (χ1v) is 10.9. The summed E-state index contributed by atoms with van der Waals surface area (Å²) in [5.41, 5.74) is 3.87. The van der Waals surface area contributed by atoms with Crippen LogP contribution in [0.2, 0.25) is 0 Å². The minimum absolute atomic E-state index is 0.00534. The fraction of sp³-hybridized carbons (Fsp3) is 0.333. The van der Waals surface area contributed by atoms with Crippen molar-refractivity contribution in [3.8, 4) is 17.3 Å². The summed E-state index contributed by atoms with van der Waals surface area (Å²) in [6.07, 6.45) is 6.99. The van der Waals surface area contributed by atoms with Gasteiger partial charge in [-0.15, -0.1) is 5.10 Å². The summed E-state index contributed by atoms with van der Waals surface area (Å²) in [6.45, 7) is 0. The van der Waals surface area contributed by atoms with Gasteiger partial charge in [0.05, 0.1) is 11.8 Å². The van der Waals surface area contributed by atoms with Gasteiger partial charge >= 0.3 is 0 Å². The van der Waals surface area contributed by atoms with Gasteiger partial charge in [-0.25, -0.2) is 4.52 Å². The second-order valence-electron chi connectivity index (χ2n) is 8.67. The smallest absolute Gasteiger partial charge is 0.249 e. The Kier molecular flexibility index (Phi) is 4.06. The molecular formula is C24H22N6O. The third kappa shape index (κ3) is 3.15. The first-order valence-electron chi connectivity index (χ1n) is 10.9. The molecule has 0 spiro atoms. The van der Waals surface area contributed by atoms with Crippen LogP contribution in [0.5, 0.6) is 0 Å². The highest BCUT2D eigenvalue weighted by Gasteiger charge is 2.30. The lowest BCUT2D eigenvalue weighted by molar-refractivity contribution is -0.117. The first kappa shape index (κ1) is 18.1. The second-order valence-corrected chi connectivity index (χ2v) is 8.67. The van der Waals surface area contributed by atoms with Gasteiger partial charge in [0.1, 0.15) is 0 Å². The summed E-state index contributed by atoms with van der Waals surface area (Å²) in [5, 5.41) is 17.8. The normalized spacial score (nSPS) is 20.9. The number of rotatable bonds is 4. The lowest BCUT2D eigenvalue weighted by Crippen LogP contribution is -2.14. The van der Waals surface area contributed by atoms with Gasteiger partial charge in [-0.2, -0.15) is 10.2 Å². The Labute approximate surface area is 179 Å². The van der Waals surface area contributed by atoms with Gasteiger partial charge in [-0.05, 0) is 62.4 Å². The third-order valence-electron chi connectivity index (χ3n) is 6.54. The molecule has 6 rings (SSSR count). The highest BCUT2D eigenvalue weighted by Crippen LogP contribution is 2.37. The molecule has 1 N–H and O–H groups in total. The van der Waals surface area contributed by atoms with E-state index in [1.165, 1.54) is 5.52 Å². The molecule has 2 atom stereocenters. The van der Waals surface area contributed by atoms with E-state index < -0.39 is 0 Å². The van der Waals surface area contributed by atoms with Gasteiger partial charge < -0.3 is 4.57 Å². The number of fused-ring (bicyclic) bond motifs is 2. The molecule has 7 nitrogen and oxygen atoms in total. The SMILES string of the molecule is N#CC1CCC(n2ccc3cc(-c4cccc5nc(NC(=O)C6CC6)nn45)ccc32)C1. The number of hydrogen-bond donors (Lipinski definition) is 1. The van der Waals surface area contributed by atoms with Gasteiger partial charge in [0, 0.05) is 40.5 Å². The average molecular weight is 410 g/mol. The quantitative estimate of drug-likeness (QED) is 0.534. The maximum absolute atomic E-state index is 12.1. The molecule has 3 aromatic heterocycles. The Morgan fingerprint density at radius 1 is 1.13 bits per heavy atom. The monoisotopic (exact) mass is 410 g/mol. The second kappa shape index (κ2) is 6.95. The number of amides is 1. The number of carbonyl (C=O) groups is 1. The number of nitrogens with one attached hydrogen (secondary N) is 1. The molecule has 2 aliphatic rings. The van der Waals surface area contributed by atoms with Crippen LogP contribution >= 0.6 is 0 Å². The van der Waals surface area contributed by atoms with Crippen LogP contribution in [0.4, 0.5) is 5.95 Å². The Balaban J connectivity index is 1.35. The number of benzene rings is 1. The molecule has 2 saturated carbocycles. The summed E-state index contributed by atoms with van der Waals surface area (Å²) in [6, 6.07) is 17.2. The number of anilines is 1. The van der Waals surface area contributed by atoms with Crippen LogP contribution in [0.15, 0.2) is 48.7 Å². The van der Waals surface area contributed by atoms with Crippen molar-refractivity contribution in [3.05, 3.63) is 48.7 Å². The summed E-state index contributed by atoms with van der Waals surface area (Å²) in [7, 11) is 0. The zero-order valence-corrected chi connectivity index (χ0v) is 17.0. The number of nitriles is 1. The molecule has 2 fully saturated rings. The average Bonchev–Trinajstić information content (AvgIpc) is 3.20. The van der Waals surface area contributed by atoms with Crippen molar-refractivity contribution in [2.45, 2.75) is 38.1 Å². The summed E-state index contributed by atoms with van der Waals surface area (Å²) in [4.78, 5) is 16.6. The molecule has 0 aliphatic heterocycles. The highest BCUT2D eigenvalue weighted by atomic mass is 16.2. The molecule has 7 heteroatoms. The van der Waals surface area contributed by atoms with Crippen LogP contribution in [0, 0.1) is 23.2 Å². The number of nitrogens with zero attached hydrogens (tertiary/aromatic N) is 5. The molecule has 31 heavy (non-hydrogen) atoms. The van der Waals surface area contributed by atoms with Gasteiger partial charge in [-0.3, -0.25) is 10.1 Å². The van der Waals surface area contributed by atoms with Gasteiger partial charge in [0.15, 0.2) is 5.65 Å². The van der Waals surface area contributed by atoms with Crippen molar-refractivity contribution in [1.82, 2.24) is 19.2 Å². The van der Waals surface area contributed by atoms with Crippen LogP contribution in [-0.2, 0) is 4.79 Å². The largest absolute Gasteiger partial charge is 0.344 e. The van der Waals surface area contributed by atoms with Crippen LogP contribution < -0.4 is 5.32 Å². The van der Waals surface area contributed by atoms with Crippen molar-refractivity contribution in [3.63, 3.8) is 0 Å². The molecular weight excluding hydrogens is 388 g/mol. The van der Waals surface area contributed by atoms with Crippen molar-refractivity contribution in [2.75, 3.05) is 5.32 Å². The van der Waals surface area contributed by atoms with Gasteiger partial charge in [0.2, 0.25) is 11.9 Å². The Hall–Kier alpha value is -3.66. The van der Waals surface area contributed by atoms with Gasteiger partial charge in [0.25, 0.3) is 0 Å². The minimum Gasteiger partial charge on any atom is -0.344 e. The topological polar surface area (TPSA) is 88.0 Å². The zero-order chi connectivity index (χ0) is 20.9. The van der Waals surface area contributed by atoms with E-state index in [4.69, 9.17) is 0 Å². The fourth-order valence-corrected chi connectivity index (χ4v) is 4.70. The van der Waals surface area contributed by atoms with E-state index in [0.717, 1.165) is 48.7 Å². The maximum atomic E-state index is 12.1. The Morgan fingerprint density at radius 2 is 2.03 bits per heavy atom. The minimum atomic E-state index is 0.00534. The number of pyridine rings is 1. The van der Waals surface area contributed by atoms with E-state index in [-0.39, 0.29) is 17.7 Å². The van der Waals surface area contributed by atoms with E-state index in [1.54, 1.807) is 4.52 Å². The molecule has 1 amide bonds.